The van der Waals surface area contributed by atoms with Gasteiger partial charge in [-0.15, -0.1) is 0 Å². The zero-order valence-electron chi connectivity index (χ0n) is 16.1. The highest BCUT2D eigenvalue weighted by molar-refractivity contribution is 5.94. The van der Waals surface area contributed by atoms with Crippen molar-refractivity contribution in [2.75, 3.05) is 5.73 Å². The minimum atomic E-state index is 0.0973. The van der Waals surface area contributed by atoms with Crippen LogP contribution in [0.15, 0.2) is 77.9 Å². The Kier molecular flexibility index (Phi) is 5.29. The third-order valence-corrected chi connectivity index (χ3v) is 4.59. The van der Waals surface area contributed by atoms with Crippen molar-refractivity contribution >= 4 is 28.1 Å². The molecule has 150 valence electrons. The Bertz CT molecular complexity index is 1210. The summed E-state index contributed by atoms with van der Waals surface area (Å²) in [5.41, 5.74) is 17.2. The quantitative estimate of drug-likeness (QED) is 0.209. The third kappa shape index (κ3) is 4.07. The number of fused-ring (bicyclic) bond motifs is 1. The Hall–Kier alpha value is -4.33. The highest BCUT2D eigenvalue weighted by atomic mass is 16.6. The van der Waals surface area contributed by atoms with Crippen LogP contribution in [0.2, 0.25) is 0 Å². The lowest BCUT2D eigenvalue weighted by Crippen LogP contribution is -2.84. The second-order valence-electron chi connectivity index (χ2n) is 6.59. The van der Waals surface area contributed by atoms with Crippen LogP contribution >= 0.6 is 0 Å². The van der Waals surface area contributed by atoms with Crippen molar-refractivity contribution in [3.05, 3.63) is 90.1 Å². The molecule has 8 nitrogen and oxygen atoms in total. The van der Waals surface area contributed by atoms with Gasteiger partial charge in [0, 0.05) is 5.56 Å². The van der Waals surface area contributed by atoms with Crippen LogP contribution in [-0.2, 0) is 6.61 Å². The first-order chi connectivity index (χ1) is 14.6. The summed E-state index contributed by atoms with van der Waals surface area (Å²) >= 11 is 0. The van der Waals surface area contributed by atoms with Gasteiger partial charge in [-0.3, -0.25) is 5.73 Å². The molecule has 1 aromatic heterocycles. The molecule has 0 spiro atoms. The summed E-state index contributed by atoms with van der Waals surface area (Å²) in [6.45, 7) is 4.47. The molecule has 0 aliphatic heterocycles. The van der Waals surface area contributed by atoms with Gasteiger partial charge in [-0.1, -0.05) is 49.0 Å². The van der Waals surface area contributed by atoms with Crippen LogP contribution in [0.3, 0.4) is 0 Å². The van der Waals surface area contributed by atoms with E-state index in [-0.39, 0.29) is 17.3 Å². The second-order valence-corrected chi connectivity index (χ2v) is 6.59. The maximum atomic E-state index is 5.97. The van der Waals surface area contributed by atoms with Crippen LogP contribution in [0.5, 0.6) is 5.75 Å². The number of anilines is 1. The molecule has 30 heavy (non-hydrogen) atoms. The largest absolute Gasteiger partial charge is 0.489 e. The van der Waals surface area contributed by atoms with Crippen LogP contribution in [0.25, 0.3) is 16.5 Å². The Balaban J connectivity index is 1.39. The summed E-state index contributed by atoms with van der Waals surface area (Å²) < 4.78 is 10.5. The van der Waals surface area contributed by atoms with Gasteiger partial charge in [-0.25, -0.2) is 10.1 Å². The highest BCUT2D eigenvalue weighted by Gasteiger charge is 2.15. The fourth-order valence-corrected chi connectivity index (χ4v) is 2.99. The monoisotopic (exact) mass is 401 g/mol. The number of rotatable bonds is 7. The van der Waals surface area contributed by atoms with E-state index in [2.05, 4.69) is 56.3 Å². The van der Waals surface area contributed by atoms with Crippen LogP contribution in [0.4, 0.5) is 5.82 Å². The predicted molar refractivity (Wildman–Crippen MR) is 115 cm³/mol. The molecule has 0 saturated carbocycles. The van der Waals surface area contributed by atoms with E-state index < -0.39 is 0 Å². The topological polar surface area (TPSA) is 126 Å². The molecule has 6 N–H and O–H groups in total. The summed E-state index contributed by atoms with van der Waals surface area (Å²) in [6, 6.07) is 22.1. The van der Waals surface area contributed by atoms with Crippen molar-refractivity contribution < 1.29 is 14.5 Å². The molecule has 3 aromatic carbocycles. The first kappa shape index (κ1) is 19.0. The molecule has 0 atom stereocenters. The molecule has 4 aromatic rings. The molecule has 1 heterocycles. The van der Waals surface area contributed by atoms with Crippen LogP contribution in [-0.4, -0.2) is 16.1 Å². The van der Waals surface area contributed by atoms with E-state index in [0.717, 1.165) is 16.9 Å². The van der Waals surface area contributed by atoms with Crippen molar-refractivity contribution in [3.63, 3.8) is 0 Å². The van der Waals surface area contributed by atoms with E-state index in [4.69, 9.17) is 16.2 Å². The predicted octanol–water partition coefficient (Wildman–Crippen LogP) is 1.35. The molecule has 0 radical (unpaired) electrons. The van der Waals surface area contributed by atoms with Gasteiger partial charge >= 0.3 is 5.84 Å². The molecule has 0 aliphatic rings. The standard InChI is InChI=1S/C22H20N6O2/c1-14(25-26-21(23)20-22(24)28-30-27-20)15-9-11-18(12-10-15)29-13-17-7-4-6-16-5-2-3-8-19(16)17/h2-12,25H,1,13H2,(H2,23,26)(H2,24,28)/p+1. The summed E-state index contributed by atoms with van der Waals surface area (Å²) in [7, 11) is 0. The van der Waals surface area contributed by atoms with Crippen LogP contribution in [0, 0.1) is 0 Å². The lowest BCUT2D eigenvalue weighted by Gasteiger charge is -2.10. The average Bonchev–Trinajstić information content (AvgIpc) is 3.22. The number of amidine groups is 1. The van der Waals surface area contributed by atoms with Crippen LogP contribution in [0.1, 0.15) is 16.8 Å². The van der Waals surface area contributed by atoms with Gasteiger partial charge in [0.15, 0.2) is 0 Å². The van der Waals surface area contributed by atoms with Gasteiger partial charge in [0.05, 0.1) is 5.70 Å². The van der Waals surface area contributed by atoms with E-state index in [1.807, 2.05) is 42.5 Å². The van der Waals surface area contributed by atoms with Crippen molar-refractivity contribution in [2.24, 2.45) is 5.73 Å². The summed E-state index contributed by atoms with van der Waals surface area (Å²) in [5.74, 6) is 1.03. The SMILES string of the molecule is C=C(N[NH+]=C(N)c1nonc1N)c1ccc(OCc2cccc3ccccc23)cc1. The number of ether oxygens (including phenoxy) is 1. The van der Waals surface area contributed by atoms with E-state index in [1.54, 1.807) is 0 Å². The molecule has 0 aliphatic carbocycles. The van der Waals surface area contributed by atoms with Crippen molar-refractivity contribution in [1.29, 1.82) is 0 Å². The fourth-order valence-electron chi connectivity index (χ4n) is 2.99. The van der Waals surface area contributed by atoms with Crippen LogP contribution < -0.4 is 26.7 Å². The molecule has 0 saturated heterocycles. The molecule has 8 heteroatoms. The number of hydrazone groups is 1. The Morgan fingerprint density at radius 1 is 1.03 bits per heavy atom. The van der Waals surface area contributed by atoms with Gasteiger partial charge < -0.3 is 10.5 Å². The number of nitrogens with two attached hydrogens (primary N) is 2. The zero-order chi connectivity index (χ0) is 20.9. The van der Waals surface area contributed by atoms with E-state index in [0.29, 0.717) is 12.3 Å². The van der Waals surface area contributed by atoms with Crippen molar-refractivity contribution in [3.8, 4) is 5.75 Å². The lowest BCUT2D eigenvalue weighted by molar-refractivity contribution is -0.509. The maximum absolute atomic E-state index is 5.97. The highest BCUT2D eigenvalue weighted by Crippen LogP contribution is 2.21. The van der Waals surface area contributed by atoms with Gasteiger partial charge in [0.1, 0.15) is 12.4 Å². The Labute approximate surface area is 172 Å². The molecule has 4 rings (SSSR count). The fraction of sp³-hybridized carbons (Fsp3) is 0.0455. The smallest absolute Gasteiger partial charge is 0.322 e. The number of benzene rings is 3. The molecular formula is C22H21N6O2+. The van der Waals surface area contributed by atoms with Gasteiger partial charge in [-0.05, 0) is 50.9 Å². The van der Waals surface area contributed by atoms with E-state index >= 15 is 0 Å². The Morgan fingerprint density at radius 2 is 1.80 bits per heavy atom. The summed E-state index contributed by atoms with van der Waals surface area (Å²) in [4.78, 5) is 0. The van der Waals surface area contributed by atoms with Crippen molar-refractivity contribution in [1.82, 2.24) is 15.7 Å². The summed E-state index contributed by atoms with van der Waals surface area (Å²) in [5, 5.41) is 12.3. The Morgan fingerprint density at radius 3 is 2.57 bits per heavy atom. The first-order valence-electron chi connectivity index (χ1n) is 9.23. The first-order valence-corrected chi connectivity index (χ1v) is 9.23. The number of nitrogens with one attached hydrogen (secondary N) is 2. The van der Waals surface area contributed by atoms with Gasteiger partial charge in [-0.2, -0.15) is 5.10 Å². The minimum absolute atomic E-state index is 0.0973. The molecule has 0 amide bonds. The van der Waals surface area contributed by atoms with E-state index in [1.165, 1.54) is 10.8 Å². The number of aromatic nitrogens is 2. The number of hydrogen-bond acceptors (Lipinski definition) is 6. The maximum Gasteiger partial charge on any atom is 0.322 e. The third-order valence-electron chi connectivity index (χ3n) is 4.59. The molecule has 0 unspecified atom stereocenters. The number of hydrogen-bond donors (Lipinski definition) is 4. The lowest BCUT2D eigenvalue weighted by atomic mass is 10.1. The summed E-state index contributed by atoms with van der Waals surface area (Å²) in [6.07, 6.45) is 0. The molecular weight excluding hydrogens is 380 g/mol. The number of nitrogen functional groups attached to an aromatic ring is 2. The number of nitrogens with zero attached hydrogens (tertiary/aromatic N) is 2. The normalized spacial score (nSPS) is 11.4. The van der Waals surface area contributed by atoms with Gasteiger partial charge in [0.25, 0.3) is 0 Å². The molecule has 0 bridgehead atoms. The molecule has 0 fully saturated rings. The average molecular weight is 401 g/mol. The number of hydrazine groups is 1. The second kappa shape index (κ2) is 8.36. The van der Waals surface area contributed by atoms with Crippen molar-refractivity contribution in [2.45, 2.75) is 6.61 Å². The zero-order valence-corrected chi connectivity index (χ0v) is 16.1. The minimum Gasteiger partial charge on any atom is -0.489 e. The van der Waals surface area contributed by atoms with Gasteiger partial charge in [0.2, 0.25) is 11.5 Å². The van der Waals surface area contributed by atoms with E-state index in [9.17, 15) is 0 Å².